The molecule has 0 unspecified atom stereocenters. The molecule has 0 spiro atoms. The highest BCUT2D eigenvalue weighted by atomic mass is 32.1. The lowest BCUT2D eigenvalue weighted by Gasteiger charge is -2.13. The van der Waals surface area contributed by atoms with Crippen LogP contribution in [0.4, 0.5) is 0 Å². The van der Waals surface area contributed by atoms with Crippen LogP contribution in [0.1, 0.15) is 22.9 Å². The highest BCUT2D eigenvalue weighted by Gasteiger charge is 2.19. The number of benzene rings is 1. The van der Waals surface area contributed by atoms with Crippen molar-refractivity contribution in [3.8, 4) is 10.4 Å². The summed E-state index contributed by atoms with van der Waals surface area (Å²) in [5, 5.41) is 3.47. The molecule has 2 aromatic rings. The van der Waals surface area contributed by atoms with E-state index in [1.807, 2.05) is 11.3 Å². The monoisotopic (exact) mass is 243 g/mol. The highest BCUT2D eigenvalue weighted by Crippen LogP contribution is 2.38. The van der Waals surface area contributed by atoms with E-state index in [0.717, 1.165) is 19.5 Å². The molecule has 1 aromatic heterocycles. The van der Waals surface area contributed by atoms with E-state index in [4.69, 9.17) is 0 Å². The Morgan fingerprint density at radius 2 is 2.06 bits per heavy atom. The second-order valence-corrected chi connectivity index (χ2v) is 5.56. The fraction of sp³-hybridized carbons (Fsp3) is 0.333. The Morgan fingerprint density at radius 3 is 2.82 bits per heavy atom. The Kier molecular flexibility index (Phi) is 3.00. The molecule has 0 saturated heterocycles. The molecule has 17 heavy (non-hydrogen) atoms. The van der Waals surface area contributed by atoms with Gasteiger partial charge in [0.1, 0.15) is 0 Å². The van der Waals surface area contributed by atoms with Crippen molar-refractivity contribution in [2.24, 2.45) is 0 Å². The summed E-state index contributed by atoms with van der Waals surface area (Å²) in [4.78, 5) is 3.04. The third-order valence-corrected chi connectivity index (χ3v) is 4.75. The lowest BCUT2D eigenvalue weighted by molar-refractivity contribution is 0.651. The summed E-state index contributed by atoms with van der Waals surface area (Å²) in [5.41, 5.74) is 4.58. The van der Waals surface area contributed by atoms with Crippen LogP contribution in [0.2, 0.25) is 0 Å². The average molecular weight is 243 g/mol. The highest BCUT2D eigenvalue weighted by molar-refractivity contribution is 7.15. The Hall–Kier alpha value is -1.12. The van der Waals surface area contributed by atoms with Crippen LogP contribution in [0.3, 0.4) is 0 Å². The smallest absolute Gasteiger partial charge is 0.0380 e. The summed E-state index contributed by atoms with van der Waals surface area (Å²) < 4.78 is 0. The molecule has 1 aliphatic rings. The minimum absolute atomic E-state index is 1.06. The quantitative estimate of drug-likeness (QED) is 0.849. The third-order valence-electron chi connectivity index (χ3n) is 3.43. The first-order valence-electron chi connectivity index (χ1n) is 6.29. The van der Waals surface area contributed by atoms with Gasteiger partial charge in [-0.05, 0) is 36.1 Å². The zero-order chi connectivity index (χ0) is 11.7. The molecule has 0 radical (unpaired) electrons. The topological polar surface area (TPSA) is 12.0 Å². The lowest BCUT2D eigenvalue weighted by Crippen LogP contribution is -2.22. The molecule has 0 bridgehead atoms. The van der Waals surface area contributed by atoms with Crippen LogP contribution in [0, 0.1) is 0 Å². The molecule has 0 aliphatic carbocycles. The van der Waals surface area contributed by atoms with Crippen LogP contribution in [0.25, 0.3) is 10.4 Å². The van der Waals surface area contributed by atoms with Gasteiger partial charge >= 0.3 is 0 Å². The number of thiophene rings is 1. The third kappa shape index (κ3) is 1.92. The molecule has 0 saturated carbocycles. The van der Waals surface area contributed by atoms with Gasteiger partial charge in [0, 0.05) is 16.3 Å². The maximum absolute atomic E-state index is 3.47. The van der Waals surface area contributed by atoms with Crippen molar-refractivity contribution in [3.05, 3.63) is 46.3 Å². The zero-order valence-electron chi connectivity index (χ0n) is 10.1. The fourth-order valence-corrected chi connectivity index (χ4v) is 4.01. The van der Waals surface area contributed by atoms with Gasteiger partial charge in [0.05, 0.1) is 0 Å². The van der Waals surface area contributed by atoms with Crippen LogP contribution in [0.15, 0.2) is 30.3 Å². The van der Waals surface area contributed by atoms with Crippen LogP contribution < -0.4 is 5.32 Å². The molecule has 1 N–H and O–H groups in total. The Balaban J connectivity index is 2.14. The summed E-state index contributed by atoms with van der Waals surface area (Å²) >= 11 is 1.98. The van der Waals surface area contributed by atoms with Gasteiger partial charge < -0.3 is 5.32 Å². The minimum atomic E-state index is 1.06. The first kappa shape index (κ1) is 11.0. The van der Waals surface area contributed by atoms with Gasteiger partial charge in [0.2, 0.25) is 0 Å². The van der Waals surface area contributed by atoms with E-state index < -0.39 is 0 Å². The van der Waals surface area contributed by atoms with E-state index in [1.54, 1.807) is 16.0 Å². The molecule has 0 fully saturated rings. The van der Waals surface area contributed by atoms with E-state index in [2.05, 4.69) is 42.6 Å². The molecule has 1 aliphatic heterocycles. The number of nitrogens with one attached hydrogen (secondary N) is 1. The second kappa shape index (κ2) is 4.63. The Labute approximate surface area is 106 Å². The van der Waals surface area contributed by atoms with E-state index >= 15 is 0 Å². The SMILES string of the molecule is CCc1c(-c2ccccc2)sc2c1CCNC2. The molecule has 2 heterocycles. The molecule has 3 rings (SSSR count). The molecule has 88 valence electrons. The first-order chi connectivity index (χ1) is 8.40. The van der Waals surface area contributed by atoms with E-state index in [9.17, 15) is 0 Å². The maximum atomic E-state index is 3.47. The van der Waals surface area contributed by atoms with Crippen LogP contribution >= 0.6 is 11.3 Å². The molecule has 2 heteroatoms. The summed E-state index contributed by atoms with van der Waals surface area (Å²) in [6, 6.07) is 10.8. The van der Waals surface area contributed by atoms with E-state index in [1.165, 1.54) is 16.9 Å². The number of fused-ring (bicyclic) bond motifs is 1. The van der Waals surface area contributed by atoms with Gasteiger partial charge in [0.25, 0.3) is 0 Å². The van der Waals surface area contributed by atoms with Gasteiger partial charge in [-0.25, -0.2) is 0 Å². The van der Waals surface area contributed by atoms with Gasteiger partial charge in [0.15, 0.2) is 0 Å². The van der Waals surface area contributed by atoms with Gasteiger partial charge in [-0.2, -0.15) is 0 Å². The van der Waals surface area contributed by atoms with Gasteiger partial charge in [-0.15, -0.1) is 11.3 Å². The molecule has 0 amide bonds. The van der Waals surface area contributed by atoms with Gasteiger partial charge in [-0.1, -0.05) is 37.3 Å². The molecule has 1 aromatic carbocycles. The van der Waals surface area contributed by atoms with E-state index in [-0.39, 0.29) is 0 Å². The maximum Gasteiger partial charge on any atom is 0.0380 e. The van der Waals surface area contributed by atoms with Crippen molar-refractivity contribution in [2.75, 3.05) is 6.54 Å². The van der Waals surface area contributed by atoms with Crippen LogP contribution in [0.5, 0.6) is 0 Å². The largest absolute Gasteiger partial charge is 0.312 e. The van der Waals surface area contributed by atoms with Crippen LogP contribution in [-0.4, -0.2) is 6.54 Å². The predicted molar refractivity (Wildman–Crippen MR) is 74.5 cm³/mol. The number of hydrogen-bond acceptors (Lipinski definition) is 2. The fourth-order valence-electron chi connectivity index (χ4n) is 2.60. The first-order valence-corrected chi connectivity index (χ1v) is 7.11. The van der Waals surface area contributed by atoms with Crippen molar-refractivity contribution in [2.45, 2.75) is 26.3 Å². The predicted octanol–water partition coefficient (Wildman–Crippen LogP) is 3.62. The minimum Gasteiger partial charge on any atom is -0.312 e. The summed E-state index contributed by atoms with van der Waals surface area (Å²) in [6.07, 6.45) is 2.35. The summed E-state index contributed by atoms with van der Waals surface area (Å²) in [7, 11) is 0. The van der Waals surface area contributed by atoms with Crippen molar-refractivity contribution in [1.29, 1.82) is 0 Å². The zero-order valence-corrected chi connectivity index (χ0v) is 10.9. The van der Waals surface area contributed by atoms with Crippen molar-refractivity contribution in [1.82, 2.24) is 5.32 Å². The summed E-state index contributed by atoms with van der Waals surface area (Å²) in [6.45, 7) is 4.46. The Morgan fingerprint density at radius 1 is 1.24 bits per heavy atom. The summed E-state index contributed by atoms with van der Waals surface area (Å²) in [5.74, 6) is 0. The number of rotatable bonds is 2. The lowest BCUT2D eigenvalue weighted by atomic mass is 9.98. The molecular formula is C15H17NS. The van der Waals surface area contributed by atoms with Crippen LogP contribution in [-0.2, 0) is 19.4 Å². The van der Waals surface area contributed by atoms with Gasteiger partial charge in [-0.3, -0.25) is 0 Å². The normalized spacial score (nSPS) is 14.6. The Bertz CT molecular complexity index is 513. The average Bonchev–Trinajstić information content (AvgIpc) is 2.78. The molecule has 1 nitrogen and oxygen atoms in total. The van der Waals surface area contributed by atoms with E-state index in [0.29, 0.717) is 0 Å². The second-order valence-electron chi connectivity index (χ2n) is 4.46. The van der Waals surface area contributed by atoms with Crippen molar-refractivity contribution >= 4 is 11.3 Å². The number of hydrogen-bond donors (Lipinski definition) is 1. The van der Waals surface area contributed by atoms with Crippen molar-refractivity contribution < 1.29 is 0 Å². The molecular weight excluding hydrogens is 226 g/mol. The molecule has 0 atom stereocenters. The standard InChI is InChI=1S/C15H17NS/c1-2-12-13-8-9-16-10-14(13)17-15(12)11-6-4-3-5-7-11/h3-7,16H,2,8-10H2,1H3. The van der Waals surface area contributed by atoms with Crippen molar-refractivity contribution in [3.63, 3.8) is 0 Å².